The standard InChI is InChI=1S/C30H45N3O8/c1-3-5-7-12-16-24(28(36)37)31-26(34)22-18-33(30(40)41-20-21-14-10-9-11-15-21)19-23(22)27(35)32-25(29(38)39)17-13-8-6-4-2/h9-11,14-15,22-25H,3-8,12-13,16-20H2,1-2H3,(H,31,34)(H,32,35)(H,36,37)(H,38,39)/t22-,23-,24-,25-/m0/s1. The second kappa shape index (κ2) is 17.9. The van der Waals surface area contributed by atoms with Crippen LogP contribution in [-0.2, 0) is 30.5 Å². The van der Waals surface area contributed by atoms with Crippen molar-refractivity contribution in [2.45, 2.75) is 96.7 Å². The van der Waals surface area contributed by atoms with E-state index in [1.54, 1.807) is 12.1 Å². The molecule has 228 valence electrons. The van der Waals surface area contributed by atoms with Crippen LogP contribution in [-0.4, -0.2) is 70.1 Å². The van der Waals surface area contributed by atoms with Gasteiger partial charge < -0.3 is 30.5 Å². The Morgan fingerprint density at radius 1 is 0.780 bits per heavy atom. The lowest BCUT2D eigenvalue weighted by atomic mass is 9.93. The largest absolute Gasteiger partial charge is 0.480 e. The third-order valence-corrected chi connectivity index (χ3v) is 7.38. The van der Waals surface area contributed by atoms with E-state index in [-0.39, 0.29) is 32.5 Å². The highest BCUT2D eigenvalue weighted by molar-refractivity contribution is 5.93. The molecule has 1 aliphatic heterocycles. The average Bonchev–Trinajstić information content (AvgIpc) is 3.41. The number of nitrogens with one attached hydrogen (secondary N) is 2. The molecule has 0 spiro atoms. The van der Waals surface area contributed by atoms with Gasteiger partial charge in [0.25, 0.3) is 0 Å². The van der Waals surface area contributed by atoms with Gasteiger partial charge in [0, 0.05) is 13.1 Å². The van der Waals surface area contributed by atoms with Gasteiger partial charge in [0.05, 0.1) is 11.8 Å². The number of carboxylic acid groups (broad SMARTS) is 2. The molecule has 41 heavy (non-hydrogen) atoms. The molecule has 4 atom stereocenters. The zero-order valence-corrected chi connectivity index (χ0v) is 24.2. The van der Waals surface area contributed by atoms with Crippen molar-refractivity contribution in [2.75, 3.05) is 13.1 Å². The zero-order chi connectivity index (χ0) is 30.2. The Bertz CT molecular complexity index is 951. The summed E-state index contributed by atoms with van der Waals surface area (Å²) >= 11 is 0. The predicted octanol–water partition coefficient (Wildman–Crippen LogP) is 3.95. The summed E-state index contributed by atoms with van der Waals surface area (Å²) in [6.45, 7) is 3.76. The SMILES string of the molecule is CCCCCC[C@H](NC(=O)[C@H]1CN(C(=O)OCc2ccccc2)C[C@@H]1C(=O)N[C@@H](CCCCCC)C(=O)O)C(=O)O. The van der Waals surface area contributed by atoms with E-state index in [4.69, 9.17) is 4.74 Å². The van der Waals surface area contributed by atoms with Crippen LogP contribution in [0.1, 0.15) is 83.6 Å². The van der Waals surface area contributed by atoms with E-state index in [2.05, 4.69) is 10.6 Å². The first-order chi connectivity index (χ1) is 19.7. The Kier molecular flexibility index (Phi) is 14.7. The molecule has 1 saturated heterocycles. The van der Waals surface area contributed by atoms with Crippen molar-refractivity contribution in [3.05, 3.63) is 35.9 Å². The molecule has 0 saturated carbocycles. The van der Waals surface area contributed by atoms with E-state index < -0.39 is 53.8 Å². The molecule has 11 nitrogen and oxygen atoms in total. The van der Waals surface area contributed by atoms with Crippen LogP contribution in [0.25, 0.3) is 0 Å². The topological polar surface area (TPSA) is 162 Å². The van der Waals surface area contributed by atoms with Crippen LogP contribution in [0.15, 0.2) is 30.3 Å². The summed E-state index contributed by atoms with van der Waals surface area (Å²) in [5.41, 5.74) is 0.767. The minimum absolute atomic E-state index is 0.00158. The Morgan fingerprint density at radius 3 is 1.66 bits per heavy atom. The Morgan fingerprint density at radius 2 is 1.24 bits per heavy atom. The molecule has 4 N–H and O–H groups in total. The van der Waals surface area contributed by atoms with Crippen molar-refractivity contribution in [3.8, 4) is 0 Å². The number of likely N-dealkylation sites (tertiary alicyclic amines) is 1. The van der Waals surface area contributed by atoms with E-state index >= 15 is 0 Å². The summed E-state index contributed by atoms with van der Waals surface area (Å²) < 4.78 is 5.39. The van der Waals surface area contributed by atoms with Crippen molar-refractivity contribution < 1.29 is 38.9 Å². The molecule has 0 aromatic heterocycles. The van der Waals surface area contributed by atoms with Crippen LogP contribution < -0.4 is 10.6 Å². The summed E-state index contributed by atoms with van der Waals surface area (Å²) in [5, 5.41) is 24.4. The van der Waals surface area contributed by atoms with Crippen molar-refractivity contribution >= 4 is 29.8 Å². The summed E-state index contributed by atoms with van der Waals surface area (Å²) in [6.07, 6.45) is 6.55. The first-order valence-corrected chi connectivity index (χ1v) is 14.7. The van der Waals surface area contributed by atoms with Gasteiger partial charge in [-0.3, -0.25) is 9.59 Å². The molecule has 0 bridgehead atoms. The summed E-state index contributed by atoms with van der Waals surface area (Å²) in [5.74, 6) is -5.81. The molecule has 0 unspecified atom stereocenters. The molecule has 0 aliphatic carbocycles. The van der Waals surface area contributed by atoms with Gasteiger partial charge in [0.15, 0.2) is 0 Å². The number of ether oxygens (including phenoxy) is 1. The van der Waals surface area contributed by atoms with Crippen LogP contribution >= 0.6 is 0 Å². The van der Waals surface area contributed by atoms with Crippen LogP contribution in [0.3, 0.4) is 0 Å². The van der Waals surface area contributed by atoms with E-state index in [1.807, 2.05) is 32.0 Å². The van der Waals surface area contributed by atoms with Crippen molar-refractivity contribution in [1.82, 2.24) is 15.5 Å². The smallest absolute Gasteiger partial charge is 0.410 e. The van der Waals surface area contributed by atoms with Crippen molar-refractivity contribution in [2.24, 2.45) is 11.8 Å². The lowest BCUT2D eigenvalue weighted by molar-refractivity contribution is -0.144. The molecule has 3 amide bonds. The number of hydrogen-bond acceptors (Lipinski definition) is 6. The summed E-state index contributed by atoms with van der Waals surface area (Å²) in [4.78, 5) is 64.5. The predicted molar refractivity (Wildman–Crippen MR) is 152 cm³/mol. The van der Waals surface area contributed by atoms with E-state index in [0.717, 1.165) is 44.1 Å². The number of unbranched alkanes of at least 4 members (excludes halogenated alkanes) is 6. The molecule has 0 radical (unpaired) electrons. The fraction of sp³-hybridized carbons (Fsp3) is 0.633. The van der Waals surface area contributed by atoms with Crippen molar-refractivity contribution in [3.63, 3.8) is 0 Å². The van der Waals surface area contributed by atoms with Crippen molar-refractivity contribution in [1.29, 1.82) is 0 Å². The van der Waals surface area contributed by atoms with Gasteiger partial charge in [0.1, 0.15) is 18.7 Å². The number of carboxylic acids is 2. The molecule has 11 heteroatoms. The monoisotopic (exact) mass is 575 g/mol. The molecule has 1 fully saturated rings. The number of hydrogen-bond donors (Lipinski definition) is 4. The second-order valence-corrected chi connectivity index (χ2v) is 10.7. The number of carbonyl (C=O) groups is 5. The number of nitrogens with zero attached hydrogens (tertiary/aromatic N) is 1. The minimum Gasteiger partial charge on any atom is -0.480 e. The first kappa shape index (κ1) is 33.6. The quantitative estimate of drug-likeness (QED) is 0.191. The first-order valence-electron chi connectivity index (χ1n) is 14.7. The van der Waals surface area contributed by atoms with Crippen LogP contribution in [0.5, 0.6) is 0 Å². The third kappa shape index (κ3) is 11.4. The molecular formula is C30H45N3O8. The maximum Gasteiger partial charge on any atom is 0.410 e. The number of rotatable bonds is 18. The van der Waals surface area contributed by atoms with Crippen LogP contribution in [0, 0.1) is 11.8 Å². The van der Waals surface area contributed by atoms with Gasteiger partial charge in [-0.1, -0.05) is 95.5 Å². The molecule has 1 heterocycles. The Hall–Kier alpha value is -3.63. The van der Waals surface area contributed by atoms with Gasteiger partial charge >= 0.3 is 18.0 Å². The Balaban J connectivity index is 2.15. The maximum atomic E-state index is 13.3. The van der Waals surface area contributed by atoms with E-state index in [9.17, 15) is 34.2 Å². The number of aliphatic carboxylic acids is 2. The zero-order valence-electron chi connectivity index (χ0n) is 24.2. The molecule has 1 aromatic carbocycles. The molecule has 1 aromatic rings. The minimum atomic E-state index is -1.18. The highest BCUT2D eigenvalue weighted by Crippen LogP contribution is 2.26. The summed E-state index contributed by atoms with van der Waals surface area (Å²) in [6, 6.07) is 6.77. The Labute approximate surface area is 242 Å². The van der Waals surface area contributed by atoms with Crippen LogP contribution in [0.4, 0.5) is 4.79 Å². The maximum absolute atomic E-state index is 13.3. The second-order valence-electron chi connectivity index (χ2n) is 10.7. The van der Waals surface area contributed by atoms with Gasteiger partial charge in [-0.2, -0.15) is 0 Å². The highest BCUT2D eigenvalue weighted by atomic mass is 16.6. The third-order valence-electron chi connectivity index (χ3n) is 7.38. The van der Waals surface area contributed by atoms with E-state index in [0.29, 0.717) is 12.8 Å². The number of amides is 3. The fourth-order valence-electron chi connectivity index (χ4n) is 4.92. The normalized spacial score (nSPS) is 17.9. The average molecular weight is 576 g/mol. The highest BCUT2D eigenvalue weighted by Gasteiger charge is 2.45. The van der Waals surface area contributed by atoms with Gasteiger partial charge in [0.2, 0.25) is 11.8 Å². The molecular weight excluding hydrogens is 530 g/mol. The fourth-order valence-corrected chi connectivity index (χ4v) is 4.92. The number of benzene rings is 1. The van der Waals surface area contributed by atoms with Gasteiger partial charge in [-0.15, -0.1) is 0 Å². The van der Waals surface area contributed by atoms with Gasteiger partial charge in [-0.25, -0.2) is 14.4 Å². The lowest BCUT2D eigenvalue weighted by Crippen LogP contribution is -2.49. The van der Waals surface area contributed by atoms with Gasteiger partial charge in [-0.05, 0) is 18.4 Å². The number of carbonyl (C=O) groups excluding carboxylic acids is 3. The van der Waals surface area contributed by atoms with Crippen LogP contribution in [0.2, 0.25) is 0 Å². The molecule has 1 aliphatic rings. The van der Waals surface area contributed by atoms with E-state index in [1.165, 1.54) is 4.90 Å². The summed E-state index contributed by atoms with van der Waals surface area (Å²) in [7, 11) is 0. The lowest BCUT2D eigenvalue weighted by Gasteiger charge is -2.22. The molecule has 2 rings (SSSR count).